The molecule has 0 unspecified atom stereocenters. The summed E-state index contributed by atoms with van der Waals surface area (Å²) in [6, 6.07) is 11.2. The lowest BCUT2D eigenvalue weighted by Crippen LogP contribution is -2.38. The van der Waals surface area contributed by atoms with Gasteiger partial charge in [0.1, 0.15) is 17.0 Å². The van der Waals surface area contributed by atoms with E-state index in [1.165, 1.54) is 11.3 Å². The molecule has 1 amide bonds. The molecule has 0 saturated heterocycles. The van der Waals surface area contributed by atoms with E-state index in [2.05, 4.69) is 25.7 Å². The van der Waals surface area contributed by atoms with Gasteiger partial charge in [-0.3, -0.25) is 9.69 Å². The highest BCUT2D eigenvalue weighted by Gasteiger charge is 2.23. The van der Waals surface area contributed by atoms with Gasteiger partial charge in [0.05, 0.1) is 18.9 Å². The Morgan fingerprint density at radius 1 is 1.00 bits per heavy atom. The van der Waals surface area contributed by atoms with Crippen molar-refractivity contribution in [2.45, 2.75) is 20.8 Å². The van der Waals surface area contributed by atoms with Gasteiger partial charge in [-0.05, 0) is 55.9 Å². The molecular formula is C23H29N3O3S. The van der Waals surface area contributed by atoms with Gasteiger partial charge in [-0.2, -0.15) is 0 Å². The highest BCUT2D eigenvalue weighted by molar-refractivity contribution is 7.22. The Bertz CT molecular complexity index is 997. The fourth-order valence-corrected chi connectivity index (χ4v) is 4.41. The zero-order valence-corrected chi connectivity index (χ0v) is 19.1. The number of benzene rings is 2. The van der Waals surface area contributed by atoms with E-state index >= 15 is 0 Å². The van der Waals surface area contributed by atoms with Crippen molar-refractivity contribution in [3.63, 3.8) is 0 Å². The number of hydrogen-bond donors (Lipinski definition) is 0. The number of amides is 1. The molecule has 0 N–H and O–H groups in total. The number of ether oxygens (including phenoxy) is 2. The molecule has 0 fully saturated rings. The van der Waals surface area contributed by atoms with Gasteiger partial charge in [-0.1, -0.05) is 31.3 Å². The largest absolute Gasteiger partial charge is 0.497 e. The highest BCUT2D eigenvalue weighted by atomic mass is 32.1. The van der Waals surface area contributed by atoms with Crippen molar-refractivity contribution in [2.75, 3.05) is 45.3 Å². The molecule has 30 heavy (non-hydrogen) atoms. The van der Waals surface area contributed by atoms with Crippen molar-refractivity contribution >= 4 is 32.6 Å². The number of methoxy groups -OCH3 is 2. The third kappa shape index (κ3) is 4.57. The van der Waals surface area contributed by atoms with Gasteiger partial charge in [0.25, 0.3) is 5.91 Å². The molecule has 0 radical (unpaired) electrons. The Kier molecular flexibility index (Phi) is 7.29. The van der Waals surface area contributed by atoms with Crippen LogP contribution in [0.1, 0.15) is 29.8 Å². The van der Waals surface area contributed by atoms with E-state index in [1.807, 2.05) is 12.1 Å². The van der Waals surface area contributed by atoms with Crippen molar-refractivity contribution in [2.24, 2.45) is 0 Å². The summed E-state index contributed by atoms with van der Waals surface area (Å²) in [5, 5.41) is 0.686. The molecule has 3 aromatic rings. The second kappa shape index (κ2) is 9.91. The first-order chi connectivity index (χ1) is 14.5. The summed E-state index contributed by atoms with van der Waals surface area (Å²) in [4.78, 5) is 22.3. The molecule has 0 aliphatic heterocycles. The number of likely N-dealkylation sites (N-methyl/N-ethyl adjacent to an activating group) is 1. The van der Waals surface area contributed by atoms with Crippen LogP contribution in [0.25, 0.3) is 10.2 Å². The van der Waals surface area contributed by atoms with Crippen LogP contribution in [-0.4, -0.2) is 56.2 Å². The Hall–Kier alpha value is -2.64. The molecule has 0 aliphatic carbocycles. The fraction of sp³-hybridized carbons (Fsp3) is 0.391. The van der Waals surface area contributed by atoms with Crippen molar-refractivity contribution in [3.05, 3.63) is 47.5 Å². The standard InChI is InChI=1S/C23H29N3O3S/c1-6-25(7-2)14-15-26(22(27)17-9-11-18(28-4)12-10-17)23-24-20-19(29-5)13-8-16(3)21(20)30-23/h8-13H,6-7,14-15H2,1-5H3. The summed E-state index contributed by atoms with van der Waals surface area (Å²) in [5.74, 6) is 1.38. The van der Waals surface area contributed by atoms with E-state index in [9.17, 15) is 4.79 Å². The minimum Gasteiger partial charge on any atom is -0.497 e. The first-order valence-electron chi connectivity index (χ1n) is 10.1. The minimum atomic E-state index is -0.0690. The van der Waals surface area contributed by atoms with E-state index < -0.39 is 0 Å². The molecule has 0 bridgehead atoms. The Balaban J connectivity index is 2.01. The van der Waals surface area contributed by atoms with Gasteiger partial charge in [0.2, 0.25) is 0 Å². The van der Waals surface area contributed by atoms with Gasteiger partial charge in [-0.15, -0.1) is 0 Å². The molecule has 1 aromatic heterocycles. The fourth-order valence-electron chi connectivity index (χ4n) is 3.33. The predicted octanol–water partition coefficient (Wildman–Crippen LogP) is 4.61. The number of aryl methyl sites for hydroxylation is 1. The normalized spacial score (nSPS) is 11.1. The molecule has 0 saturated carbocycles. The predicted molar refractivity (Wildman–Crippen MR) is 123 cm³/mol. The average Bonchev–Trinajstić information content (AvgIpc) is 3.23. The van der Waals surface area contributed by atoms with E-state index in [0.29, 0.717) is 17.2 Å². The van der Waals surface area contributed by atoms with Crippen LogP contribution in [0.5, 0.6) is 11.5 Å². The minimum absolute atomic E-state index is 0.0690. The number of nitrogens with zero attached hydrogens (tertiary/aromatic N) is 3. The van der Waals surface area contributed by atoms with Crippen molar-refractivity contribution in [3.8, 4) is 11.5 Å². The zero-order valence-electron chi connectivity index (χ0n) is 18.3. The average molecular weight is 428 g/mol. The van der Waals surface area contributed by atoms with E-state index in [0.717, 1.165) is 46.9 Å². The maximum Gasteiger partial charge on any atom is 0.260 e. The molecule has 7 heteroatoms. The molecule has 2 aromatic carbocycles. The molecule has 0 atom stereocenters. The maximum absolute atomic E-state index is 13.5. The number of hydrogen-bond acceptors (Lipinski definition) is 6. The summed E-state index contributed by atoms with van der Waals surface area (Å²) in [6.07, 6.45) is 0. The summed E-state index contributed by atoms with van der Waals surface area (Å²) in [5.41, 5.74) is 2.53. The maximum atomic E-state index is 13.5. The number of aromatic nitrogens is 1. The third-order valence-electron chi connectivity index (χ3n) is 5.26. The first kappa shape index (κ1) is 22.1. The number of thiazole rings is 1. The molecule has 3 rings (SSSR count). The van der Waals surface area contributed by atoms with Gasteiger partial charge in [0.15, 0.2) is 5.13 Å². The third-order valence-corrected chi connectivity index (χ3v) is 6.47. The zero-order chi connectivity index (χ0) is 21.7. The number of carbonyl (C=O) groups excluding carboxylic acids is 1. The van der Waals surface area contributed by atoms with Crippen LogP contribution >= 0.6 is 11.3 Å². The number of fused-ring (bicyclic) bond motifs is 1. The molecule has 6 nitrogen and oxygen atoms in total. The van der Waals surface area contributed by atoms with Crippen LogP contribution < -0.4 is 14.4 Å². The summed E-state index contributed by atoms with van der Waals surface area (Å²) >= 11 is 1.53. The van der Waals surface area contributed by atoms with Crippen LogP contribution in [0.2, 0.25) is 0 Å². The number of rotatable bonds is 9. The lowest BCUT2D eigenvalue weighted by atomic mass is 10.2. The molecule has 160 valence electrons. The van der Waals surface area contributed by atoms with Crippen LogP contribution in [0.4, 0.5) is 5.13 Å². The second-order valence-electron chi connectivity index (χ2n) is 6.97. The van der Waals surface area contributed by atoms with E-state index in [1.54, 1.807) is 43.4 Å². The van der Waals surface area contributed by atoms with E-state index in [-0.39, 0.29) is 5.91 Å². The van der Waals surface area contributed by atoms with Crippen LogP contribution in [-0.2, 0) is 0 Å². The molecule has 0 aliphatic rings. The van der Waals surface area contributed by atoms with Crippen molar-refractivity contribution in [1.82, 2.24) is 9.88 Å². The molecule has 1 heterocycles. The Morgan fingerprint density at radius 2 is 1.70 bits per heavy atom. The van der Waals surface area contributed by atoms with Gasteiger partial charge in [-0.25, -0.2) is 4.98 Å². The summed E-state index contributed by atoms with van der Waals surface area (Å²) in [6.45, 7) is 9.53. The monoisotopic (exact) mass is 427 g/mol. The van der Waals surface area contributed by atoms with E-state index in [4.69, 9.17) is 14.5 Å². The highest BCUT2D eigenvalue weighted by Crippen LogP contribution is 2.36. The van der Waals surface area contributed by atoms with Gasteiger partial charge < -0.3 is 14.4 Å². The lowest BCUT2D eigenvalue weighted by molar-refractivity contribution is 0.0983. The van der Waals surface area contributed by atoms with Gasteiger partial charge in [0, 0.05) is 18.7 Å². The van der Waals surface area contributed by atoms with Gasteiger partial charge >= 0.3 is 0 Å². The van der Waals surface area contributed by atoms with Crippen molar-refractivity contribution < 1.29 is 14.3 Å². The molecule has 0 spiro atoms. The van der Waals surface area contributed by atoms with Crippen molar-refractivity contribution in [1.29, 1.82) is 0 Å². The summed E-state index contributed by atoms with van der Waals surface area (Å²) in [7, 11) is 3.26. The lowest BCUT2D eigenvalue weighted by Gasteiger charge is -2.24. The Morgan fingerprint density at radius 3 is 2.30 bits per heavy atom. The SMILES string of the molecule is CCN(CC)CCN(C(=O)c1ccc(OC)cc1)c1nc2c(OC)ccc(C)c2s1. The van der Waals surface area contributed by atoms with Crippen LogP contribution in [0.15, 0.2) is 36.4 Å². The second-order valence-corrected chi connectivity index (χ2v) is 7.95. The quantitative estimate of drug-likeness (QED) is 0.499. The molecular weight excluding hydrogens is 398 g/mol. The van der Waals surface area contributed by atoms with Crippen LogP contribution in [0.3, 0.4) is 0 Å². The number of carbonyl (C=O) groups is 1. The Labute approximate surface area is 182 Å². The first-order valence-corrected chi connectivity index (χ1v) is 11.0. The number of anilines is 1. The van der Waals surface area contributed by atoms with Crippen LogP contribution in [0, 0.1) is 6.92 Å². The summed E-state index contributed by atoms with van der Waals surface area (Å²) < 4.78 is 11.8. The topological polar surface area (TPSA) is 54.9 Å². The smallest absolute Gasteiger partial charge is 0.260 e.